The van der Waals surface area contributed by atoms with Crippen LogP contribution >= 0.6 is 0 Å². The monoisotopic (exact) mass is 242 g/mol. The van der Waals surface area contributed by atoms with Gasteiger partial charge in [0.05, 0.1) is 0 Å². The third kappa shape index (κ3) is 1.60. The maximum Gasteiger partial charge on any atom is 0.143 e. The lowest BCUT2D eigenvalue weighted by Crippen LogP contribution is -1.99. The Labute approximate surface area is 102 Å². The molecule has 0 saturated heterocycles. The zero-order valence-corrected chi connectivity index (χ0v) is 9.30. The van der Waals surface area contributed by atoms with Crippen molar-refractivity contribution in [3.63, 3.8) is 0 Å². The van der Waals surface area contributed by atoms with Gasteiger partial charge >= 0.3 is 0 Å². The molecule has 6 nitrogen and oxygen atoms in total. The highest BCUT2D eigenvalue weighted by Crippen LogP contribution is 2.31. The highest BCUT2D eigenvalue weighted by Gasteiger charge is 2.11. The van der Waals surface area contributed by atoms with Crippen molar-refractivity contribution >= 4 is 0 Å². The first-order chi connectivity index (χ1) is 8.75. The maximum absolute atomic E-state index is 9.97. The molecule has 1 aromatic carbocycles. The summed E-state index contributed by atoms with van der Waals surface area (Å²) in [5.74, 6) is 0.0315. The number of aromatic nitrogens is 4. The number of phenolic OH excluding ortho intramolecular Hbond substituents is 2. The molecule has 0 aliphatic carbocycles. The summed E-state index contributed by atoms with van der Waals surface area (Å²) in [5.41, 5.74) is 0.821. The van der Waals surface area contributed by atoms with Crippen molar-refractivity contribution in [2.75, 3.05) is 0 Å². The molecule has 3 rings (SSSR count). The molecule has 0 saturated carbocycles. The number of nitrogens with zero attached hydrogens (tertiary/aromatic N) is 4. The Morgan fingerprint density at radius 1 is 0.778 bits per heavy atom. The molecule has 0 amide bonds. The molecule has 6 heteroatoms. The lowest BCUT2D eigenvalue weighted by Gasteiger charge is -2.09. The summed E-state index contributed by atoms with van der Waals surface area (Å²) in [4.78, 5) is 0. The van der Waals surface area contributed by atoms with Gasteiger partial charge < -0.3 is 10.2 Å². The molecule has 3 aromatic rings. The number of rotatable bonds is 2. The molecule has 0 unspecified atom stereocenters. The molecular formula is C12H10N4O2. The van der Waals surface area contributed by atoms with Gasteiger partial charge in [0, 0.05) is 36.9 Å². The zero-order valence-electron chi connectivity index (χ0n) is 9.30. The van der Waals surface area contributed by atoms with Crippen molar-refractivity contribution in [1.29, 1.82) is 0 Å². The summed E-state index contributed by atoms with van der Waals surface area (Å²) in [5, 5.41) is 28.0. The Morgan fingerprint density at radius 2 is 1.22 bits per heavy atom. The number of benzene rings is 1. The van der Waals surface area contributed by atoms with Gasteiger partial charge in [-0.05, 0) is 12.1 Å². The normalized spacial score (nSPS) is 10.7. The first-order valence-corrected chi connectivity index (χ1v) is 5.32. The van der Waals surface area contributed by atoms with E-state index in [4.69, 9.17) is 0 Å². The summed E-state index contributed by atoms with van der Waals surface area (Å²) in [6.07, 6.45) is 6.56. The summed E-state index contributed by atoms with van der Waals surface area (Å²) >= 11 is 0. The van der Waals surface area contributed by atoms with E-state index in [1.54, 1.807) is 36.9 Å². The molecule has 0 radical (unpaired) electrons. The minimum atomic E-state index is 0.0157. The molecule has 2 aromatic heterocycles. The second kappa shape index (κ2) is 3.92. The molecule has 0 bridgehead atoms. The van der Waals surface area contributed by atoms with Crippen molar-refractivity contribution < 1.29 is 10.2 Å². The van der Waals surface area contributed by atoms with E-state index in [-0.39, 0.29) is 11.5 Å². The largest absolute Gasteiger partial charge is 0.506 e. The Kier molecular flexibility index (Phi) is 2.26. The quantitative estimate of drug-likeness (QED) is 0.667. The van der Waals surface area contributed by atoms with Gasteiger partial charge in [0.25, 0.3) is 0 Å². The Balaban J connectivity index is 2.15. The molecule has 0 atom stereocenters. The van der Waals surface area contributed by atoms with Crippen LogP contribution in [0.2, 0.25) is 0 Å². The predicted molar refractivity (Wildman–Crippen MR) is 64.0 cm³/mol. The first kappa shape index (κ1) is 10.4. The van der Waals surface area contributed by atoms with E-state index in [2.05, 4.69) is 10.2 Å². The summed E-state index contributed by atoms with van der Waals surface area (Å²) < 4.78 is 2.95. The van der Waals surface area contributed by atoms with Gasteiger partial charge in [0.15, 0.2) is 0 Å². The van der Waals surface area contributed by atoms with Crippen LogP contribution in [0.1, 0.15) is 0 Å². The second-order valence-electron chi connectivity index (χ2n) is 3.73. The summed E-state index contributed by atoms with van der Waals surface area (Å²) in [7, 11) is 0. The third-order valence-electron chi connectivity index (χ3n) is 2.57. The van der Waals surface area contributed by atoms with Crippen molar-refractivity contribution in [2.24, 2.45) is 0 Å². The van der Waals surface area contributed by atoms with Gasteiger partial charge in [-0.3, -0.25) is 0 Å². The smallest absolute Gasteiger partial charge is 0.143 e. The van der Waals surface area contributed by atoms with E-state index < -0.39 is 0 Å². The van der Waals surface area contributed by atoms with Gasteiger partial charge in [-0.2, -0.15) is 10.2 Å². The van der Waals surface area contributed by atoms with Crippen LogP contribution in [-0.2, 0) is 0 Å². The standard InChI is InChI=1S/C12H10N4O2/c17-11-8-10(16-6-2-4-14-16)12(18)7-9(11)15-5-1-3-13-15/h1-8,17-18H. The lowest BCUT2D eigenvalue weighted by atomic mass is 10.2. The lowest BCUT2D eigenvalue weighted by molar-refractivity contribution is 0.452. The average Bonchev–Trinajstić information content (AvgIpc) is 3.02. The molecule has 2 heterocycles. The Bertz CT molecular complexity index is 600. The predicted octanol–water partition coefficient (Wildman–Crippen LogP) is 1.47. The number of aromatic hydroxyl groups is 2. The molecule has 0 aliphatic heterocycles. The van der Waals surface area contributed by atoms with Crippen molar-refractivity contribution in [2.45, 2.75) is 0 Å². The van der Waals surface area contributed by atoms with Gasteiger partial charge in [-0.25, -0.2) is 9.36 Å². The number of hydrogen-bond acceptors (Lipinski definition) is 4. The molecule has 0 spiro atoms. The first-order valence-electron chi connectivity index (χ1n) is 5.32. The van der Waals surface area contributed by atoms with Gasteiger partial charge in [0.1, 0.15) is 22.9 Å². The SMILES string of the molecule is Oc1cc(-n2cccn2)c(O)cc1-n1cccn1. The molecule has 0 aliphatic rings. The van der Waals surface area contributed by atoms with E-state index in [0.29, 0.717) is 11.4 Å². The van der Waals surface area contributed by atoms with Crippen LogP contribution in [0.4, 0.5) is 0 Å². The van der Waals surface area contributed by atoms with Crippen LogP contribution in [0.25, 0.3) is 11.4 Å². The summed E-state index contributed by atoms with van der Waals surface area (Å²) in [6.45, 7) is 0. The van der Waals surface area contributed by atoms with E-state index in [1.807, 2.05) is 0 Å². The van der Waals surface area contributed by atoms with E-state index in [9.17, 15) is 10.2 Å². The highest BCUT2D eigenvalue weighted by atomic mass is 16.3. The van der Waals surface area contributed by atoms with Crippen LogP contribution < -0.4 is 0 Å². The maximum atomic E-state index is 9.97. The fraction of sp³-hybridized carbons (Fsp3) is 0. The highest BCUT2D eigenvalue weighted by molar-refractivity contribution is 5.59. The van der Waals surface area contributed by atoms with Gasteiger partial charge in [-0.1, -0.05) is 0 Å². The molecule has 2 N–H and O–H groups in total. The topological polar surface area (TPSA) is 76.1 Å². The molecular weight excluding hydrogens is 232 g/mol. The number of hydrogen-bond donors (Lipinski definition) is 2. The Morgan fingerprint density at radius 3 is 1.56 bits per heavy atom. The molecule has 0 fully saturated rings. The average molecular weight is 242 g/mol. The molecule has 18 heavy (non-hydrogen) atoms. The van der Waals surface area contributed by atoms with Crippen LogP contribution in [-0.4, -0.2) is 29.8 Å². The zero-order chi connectivity index (χ0) is 12.5. The van der Waals surface area contributed by atoms with Gasteiger partial charge in [-0.15, -0.1) is 0 Å². The third-order valence-corrected chi connectivity index (χ3v) is 2.57. The molecule has 90 valence electrons. The fourth-order valence-corrected chi connectivity index (χ4v) is 1.74. The van der Waals surface area contributed by atoms with Gasteiger partial charge in [0.2, 0.25) is 0 Å². The van der Waals surface area contributed by atoms with Crippen molar-refractivity contribution in [3.8, 4) is 22.9 Å². The minimum absolute atomic E-state index is 0.0157. The van der Waals surface area contributed by atoms with Crippen molar-refractivity contribution in [3.05, 3.63) is 49.1 Å². The fourth-order valence-electron chi connectivity index (χ4n) is 1.74. The van der Waals surface area contributed by atoms with Crippen LogP contribution in [0.3, 0.4) is 0 Å². The van der Waals surface area contributed by atoms with E-state index >= 15 is 0 Å². The Hall–Kier alpha value is -2.76. The van der Waals surface area contributed by atoms with E-state index in [1.165, 1.54) is 21.5 Å². The number of phenols is 2. The minimum Gasteiger partial charge on any atom is -0.506 e. The summed E-state index contributed by atoms with van der Waals surface area (Å²) in [6, 6.07) is 6.36. The van der Waals surface area contributed by atoms with Crippen LogP contribution in [0, 0.1) is 0 Å². The van der Waals surface area contributed by atoms with E-state index in [0.717, 1.165) is 0 Å². The van der Waals surface area contributed by atoms with Crippen LogP contribution in [0.15, 0.2) is 49.1 Å². The van der Waals surface area contributed by atoms with Crippen LogP contribution in [0.5, 0.6) is 11.5 Å². The van der Waals surface area contributed by atoms with Crippen molar-refractivity contribution in [1.82, 2.24) is 19.6 Å². The second-order valence-corrected chi connectivity index (χ2v) is 3.73.